The second kappa shape index (κ2) is 6.70. The van der Waals surface area contributed by atoms with E-state index >= 15 is 0 Å². The average molecular weight is 330 g/mol. The van der Waals surface area contributed by atoms with Crippen LogP contribution >= 0.6 is 0 Å². The fourth-order valence-electron chi connectivity index (χ4n) is 3.94. The van der Waals surface area contributed by atoms with E-state index in [1.165, 1.54) is 34.9 Å². The van der Waals surface area contributed by atoms with Gasteiger partial charge in [0.15, 0.2) is 0 Å². The average Bonchev–Trinajstić information content (AvgIpc) is 3.06. The minimum atomic E-state index is 0.452. The van der Waals surface area contributed by atoms with Crippen LogP contribution in [-0.4, -0.2) is 23.1 Å². The Morgan fingerprint density at radius 3 is 2.80 bits per heavy atom. The first-order chi connectivity index (χ1) is 12.3. The molecule has 25 heavy (non-hydrogen) atoms. The first-order valence-electron chi connectivity index (χ1n) is 9.02. The number of hydrogen-bond acceptors (Lipinski definition) is 3. The second-order valence-electron chi connectivity index (χ2n) is 6.70. The molecule has 1 aliphatic heterocycles. The van der Waals surface area contributed by atoms with Gasteiger partial charge in [-0.05, 0) is 73.7 Å². The first-order valence-corrected chi connectivity index (χ1v) is 9.02. The molecule has 3 heterocycles. The minimum absolute atomic E-state index is 0.452. The standard InChI is InChI=1S/C21H22N4/c1-2-18-19-12-15(14-5-8-23-9-6-14)3-4-20(19)25-21(18)16-7-10-24-17(11-16)13-22/h3-4,7,10-12,14,23,25H,2,5-6,8-9H2,1H3. The maximum atomic E-state index is 9.13. The number of benzene rings is 1. The van der Waals surface area contributed by atoms with E-state index in [1.54, 1.807) is 6.20 Å². The molecule has 4 rings (SSSR count). The lowest BCUT2D eigenvalue weighted by atomic mass is 9.89. The molecule has 0 atom stereocenters. The summed E-state index contributed by atoms with van der Waals surface area (Å²) in [4.78, 5) is 7.65. The highest BCUT2D eigenvalue weighted by atomic mass is 14.9. The van der Waals surface area contributed by atoms with Crippen LogP contribution < -0.4 is 5.32 Å². The van der Waals surface area contributed by atoms with Gasteiger partial charge in [0.05, 0.1) is 0 Å². The third-order valence-electron chi connectivity index (χ3n) is 5.26. The number of H-pyrrole nitrogens is 1. The van der Waals surface area contributed by atoms with Crippen LogP contribution in [-0.2, 0) is 6.42 Å². The Hall–Kier alpha value is -2.64. The Kier molecular flexibility index (Phi) is 4.25. The Labute approximate surface area is 147 Å². The summed E-state index contributed by atoms with van der Waals surface area (Å²) in [5.74, 6) is 0.653. The van der Waals surface area contributed by atoms with Crippen molar-refractivity contribution in [3.05, 3.63) is 53.3 Å². The molecule has 0 radical (unpaired) electrons. The minimum Gasteiger partial charge on any atom is -0.354 e. The molecular formula is C21H22N4. The van der Waals surface area contributed by atoms with Gasteiger partial charge in [0.25, 0.3) is 0 Å². The third kappa shape index (κ3) is 2.92. The Morgan fingerprint density at radius 1 is 1.20 bits per heavy atom. The van der Waals surface area contributed by atoms with Crippen molar-refractivity contribution in [2.75, 3.05) is 13.1 Å². The lowest BCUT2D eigenvalue weighted by molar-refractivity contribution is 0.460. The van der Waals surface area contributed by atoms with Crippen molar-refractivity contribution in [1.29, 1.82) is 5.26 Å². The SMILES string of the molecule is CCc1c(-c2ccnc(C#N)c2)[nH]c2ccc(C3CCNCC3)cc12. The third-order valence-corrected chi connectivity index (χ3v) is 5.26. The van der Waals surface area contributed by atoms with Crippen molar-refractivity contribution in [3.63, 3.8) is 0 Å². The van der Waals surface area contributed by atoms with E-state index in [0.717, 1.165) is 30.8 Å². The smallest absolute Gasteiger partial charge is 0.141 e. The number of nitriles is 1. The van der Waals surface area contributed by atoms with Crippen molar-refractivity contribution in [2.24, 2.45) is 0 Å². The molecule has 3 aromatic rings. The molecule has 0 spiro atoms. The summed E-state index contributed by atoms with van der Waals surface area (Å²) in [6.45, 7) is 4.40. The summed E-state index contributed by atoms with van der Waals surface area (Å²) < 4.78 is 0. The zero-order chi connectivity index (χ0) is 17.2. The van der Waals surface area contributed by atoms with E-state index in [2.05, 4.69) is 46.5 Å². The summed E-state index contributed by atoms with van der Waals surface area (Å²) in [5, 5.41) is 13.9. The number of hydrogen-bond donors (Lipinski definition) is 2. The monoisotopic (exact) mass is 330 g/mol. The molecule has 4 heteroatoms. The highest BCUT2D eigenvalue weighted by Gasteiger charge is 2.18. The number of aryl methyl sites for hydroxylation is 1. The van der Waals surface area contributed by atoms with E-state index in [-0.39, 0.29) is 0 Å². The number of piperidine rings is 1. The fraction of sp³-hybridized carbons (Fsp3) is 0.333. The molecule has 1 fully saturated rings. The summed E-state index contributed by atoms with van der Waals surface area (Å²) in [5.41, 5.74) is 6.53. The molecule has 4 nitrogen and oxygen atoms in total. The molecule has 1 saturated heterocycles. The maximum absolute atomic E-state index is 9.13. The van der Waals surface area contributed by atoms with Crippen LogP contribution in [0.15, 0.2) is 36.5 Å². The zero-order valence-electron chi connectivity index (χ0n) is 14.5. The van der Waals surface area contributed by atoms with Gasteiger partial charge in [-0.15, -0.1) is 0 Å². The number of fused-ring (bicyclic) bond motifs is 1. The van der Waals surface area contributed by atoms with Crippen LogP contribution in [0.25, 0.3) is 22.2 Å². The summed E-state index contributed by atoms with van der Waals surface area (Å²) >= 11 is 0. The zero-order valence-corrected chi connectivity index (χ0v) is 14.5. The molecular weight excluding hydrogens is 308 g/mol. The molecule has 0 amide bonds. The fourth-order valence-corrected chi connectivity index (χ4v) is 3.94. The first kappa shape index (κ1) is 15.9. The highest BCUT2D eigenvalue weighted by molar-refractivity contribution is 5.91. The number of pyridine rings is 1. The van der Waals surface area contributed by atoms with Crippen LogP contribution in [0, 0.1) is 11.3 Å². The number of nitrogens with one attached hydrogen (secondary N) is 2. The van der Waals surface area contributed by atoms with Crippen LogP contribution in [0.4, 0.5) is 0 Å². The predicted octanol–water partition coefficient (Wildman–Crippen LogP) is 4.13. The van der Waals surface area contributed by atoms with Crippen LogP contribution in [0.2, 0.25) is 0 Å². The normalized spacial score (nSPS) is 15.4. The molecule has 0 unspecified atom stereocenters. The molecule has 0 aliphatic carbocycles. The molecule has 126 valence electrons. The molecule has 1 aromatic carbocycles. The maximum Gasteiger partial charge on any atom is 0.141 e. The van der Waals surface area contributed by atoms with Gasteiger partial charge in [-0.25, -0.2) is 4.98 Å². The van der Waals surface area contributed by atoms with E-state index in [1.807, 2.05) is 12.1 Å². The second-order valence-corrected chi connectivity index (χ2v) is 6.70. The Balaban J connectivity index is 1.82. The van der Waals surface area contributed by atoms with Crippen molar-refractivity contribution in [3.8, 4) is 17.3 Å². The summed E-state index contributed by atoms with van der Waals surface area (Å²) in [7, 11) is 0. The van der Waals surface area contributed by atoms with E-state index in [4.69, 9.17) is 5.26 Å². The highest BCUT2D eigenvalue weighted by Crippen LogP contribution is 2.34. The van der Waals surface area contributed by atoms with Gasteiger partial charge >= 0.3 is 0 Å². The van der Waals surface area contributed by atoms with Gasteiger partial charge in [0.2, 0.25) is 0 Å². The Bertz CT molecular complexity index is 942. The largest absolute Gasteiger partial charge is 0.354 e. The van der Waals surface area contributed by atoms with E-state index in [0.29, 0.717) is 11.6 Å². The van der Waals surface area contributed by atoms with E-state index in [9.17, 15) is 0 Å². The van der Waals surface area contributed by atoms with Crippen molar-refractivity contribution >= 4 is 10.9 Å². The lowest BCUT2D eigenvalue weighted by Crippen LogP contribution is -2.26. The number of nitrogens with zero attached hydrogens (tertiary/aromatic N) is 2. The number of aromatic nitrogens is 2. The lowest BCUT2D eigenvalue weighted by Gasteiger charge is -2.23. The van der Waals surface area contributed by atoms with Crippen molar-refractivity contribution < 1.29 is 0 Å². The van der Waals surface area contributed by atoms with Crippen LogP contribution in [0.5, 0.6) is 0 Å². The topological polar surface area (TPSA) is 64.5 Å². The summed E-state index contributed by atoms with van der Waals surface area (Å²) in [6.07, 6.45) is 5.08. The van der Waals surface area contributed by atoms with Gasteiger partial charge in [0.1, 0.15) is 11.8 Å². The van der Waals surface area contributed by atoms with Gasteiger partial charge < -0.3 is 10.3 Å². The molecule has 2 N–H and O–H groups in total. The molecule has 0 bridgehead atoms. The van der Waals surface area contributed by atoms with Crippen LogP contribution in [0.3, 0.4) is 0 Å². The van der Waals surface area contributed by atoms with Gasteiger partial charge in [-0.1, -0.05) is 13.0 Å². The Morgan fingerprint density at radius 2 is 2.04 bits per heavy atom. The number of rotatable bonds is 3. The molecule has 1 aliphatic rings. The van der Waals surface area contributed by atoms with Crippen LogP contribution in [0.1, 0.15) is 42.5 Å². The van der Waals surface area contributed by atoms with Gasteiger partial charge in [0, 0.05) is 28.4 Å². The van der Waals surface area contributed by atoms with Crippen molar-refractivity contribution in [1.82, 2.24) is 15.3 Å². The predicted molar refractivity (Wildman–Crippen MR) is 100 cm³/mol. The van der Waals surface area contributed by atoms with Gasteiger partial charge in [-0.3, -0.25) is 0 Å². The quantitative estimate of drug-likeness (QED) is 0.759. The molecule has 0 saturated carbocycles. The van der Waals surface area contributed by atoms with Gasteiger partial charge in [-0.2, -0.15) is 5.26 Å². The number of aromatic amines is 1. The van der Waals surface area contributed by atoms with Crippen molar-refractivity contribution in [2.45, 2.75) is 32.1 Å². The summed E-state index contributed by atoms with van der Waals surface area (Å²) in [6, 6.07) is 12.8. The molecule has 2 aromatic heterocycles. The van der Waals surface area contributed by atoms with E-state index < -0.39 is 0 Å².